The summed E-state index contributed by atoms with van der Waals surface area (Å²) in [6.45, 7) is 0. The van der Waals surface area contributed by atoms with Crippen LogP contribution >= 0.6 is 0 Å². The van der Waals surface area contributed by atoms with Crippen molar-refractivity contribution in [3.05, 3.63) is 80.2 Å². The van der Waals surface area contributed by atoms with Crippen LogP contribution < -0.4 is 24.8 Å². The second kappa shape index (κ2) is 6.60. The first-order valence-electron chi connectivity index (χ1n) is 7.48. The summed E-state index contributed by atoms with van der Waals surface area (Å²) in [6, 6.07) is 15.1. The molecule has 0 spiro atoms. The van der Waals surface area contributed by atoms with Gasteiger partial charge in [-0.25, -0.2) is 0 Å². The Morgan fingerprint density at radius 3 is 2.50 bits per heavy atom. The predicted molar refractivity (Wildman–Crippen MR) is 87.6 cm³/mol. The van der Waals surface area contributed by atoms with Crippen molar-refractivity contribution < 1.29 is 49.5 Å². The first-order chi connectivity index (χ1) is 10.8. The third-order valence-corrected chi connectivity index (χ3v) is 5.70. The number of nitrogens with zero attached hydrogens (tertiary/aromatic N) is 1. The molecule has 0 atom stereocenters. The van der Waals surface area contributed by atoms with Gasteiger partial charge in [-0.3, -0.25) is 0 Å². The number of aliphatic imine (C=N–C) groups is 1. The molecule has 2 aromatic carbocycles. The van der Waals surface area contributed by atoms with Crippen molar-refractivity contribution in [2.75, 3.05) is 0 Å². The van der Waals surface area contributed by atoms with Gasteiger partial charge in [0.05, 0.1) is 0 Å². The van der Waals surface area contributed by atoms with Crippen LogP contribution in [0.1, 0.15) is 28.7 Å². The average Bonchev–Trinajstić information content (AvgIpc) is 3.20. The molecule has 0 saturated heterocycles. The van der Waals surface area contributed by atoms with Gasteiger partial charge in [0, 0.05) is 0 Å². The number of fused-ring (bicyclic) bond motifs is 5. The van der Waals surface area contributed by atoms with Gasteiger partial charge in [0.1, 0.15) is 0 Å². The van der Waals surface area contributed by atoms with E-state index >= 15 is 0 Å². The number of rotatable bonds is 1. The standard InChI is InChI=1S/C20H12N.2ClH.Zr/c1-2-7-13(6-1)15-10-5-11-18-19(15)17-12-14-8-3-4-9-16(14)20(17)21-18;;;/h1,3-6,8-12H,2H2;2*1H;/q;;;+2/p-2. The summed E-state index contributed by atoms with van der Waals surface area (Å²) in [7, 11) is 0. The molecule has 3 aliphatic rings. The molecule has 0 saturated carbocycles. The molecule has 2 aromatic rings. The van der Waals surface area contributed by atoms with Crippen molar-refractivity contribution in [2.24, 2.45) is 4.99 Å². The molecule has 0 amide bonds. The van der Waals surface area contributed by atoms with Crippen LogP contribution in [-0.4, -0.2) is 5.71 Å². The summed E-state index contributed by atoms with van der Waals surface area (Å²) >= 11 is 1.51. The molecule has 0 bridgehead atoms. The molecular formula is C20H12Cl2NZr. The van der Waals surface area contributed by atoms with Crippen LogP contribution in [0, 0.1) is 0 Å². The zero-order chi connectivity index (χ0) is 14.7. The topological polar surface area (TPSA) is 12.4 Å². The van der Waals surface area contributed by atoms with Gasteiger partial charge in [-0.1, -0.05) is 0 Å². The minimum absolute atomic E-state index is 0. The van der Waals surface area contributed by atoms with Gasteiger partial charge in [0.25, 0.3) is 0 Å². The van der Waals surface area contributed by atoms with Gasteiger partial charge in [-0.05, 0) is 0 Å². The van der Waals surface area contributed by atoms with Crippen LogP contribution in [0.25, 0.3) is 17.2 Å². The summed E-state index contributed by atoms with van der Waals surface area (Å²) in [5, 5.41) is 0. The van der Waals surface area contributed by atoms with E-state index in [1.807, 2.05) is 0 Å². The third-order valence-electron chi connectivity index (χ3n) is 4.54. The fourth-order valence-electron chi connectivity index (χ4n) is 3.54. The van der Waals surface area contributed by atoms with Crippen LogP contribution in [0.4, 0.5) is 5.69 Å². The number of hydrogen-bond acceptors (Lipinski definition) is 1. The van der Waals surface area contributed by atoms with Crippen molar-refractivity contribution in [3.8, 4) is 0 Å². The summed E-state index contributed by atoms with van der Waals surface area (Å²) < 4.78 is 1.53. The number of halogens is 2. The van der Waals surface area contributed by atoms with Gasteiger partial charge in [0.15, 0.2) is 0 Å². The van der Waals surface area contributed by atoms with Crippen LogP contribution in [0.15, 0.2) is 62.9 Å². The van der Waals surface area contributed by atoms with Gasteiger partial charge >= 0.3 is 145 Å². The van der Waals surface area contributed by atoms with E-state index in [1.165, 1.54) is 61.4 Å². The van der Waals surface area contributed by atoms with Crippen molar-refractivity contribution in [1.29, 1.82) is 0 Å². The Balaban J connectivity index is 0.000000845. The summed E-state index contributed by atoms with van der Waals surface area (Å²) in [5.74, 6) is 0. The number of allylic oxidation sites excluding steroid dienone is 5. The van der Waals surface area contributed by atoms with E-state index in [2.05, 4.69) is 60.7 Å². The Hall–Kier alpha value is -1.21. The van der Waals surface area contributed by atoms with E-state index < -0.39 is 0 Å². The quantitative estimate of drug-likeness (QED) is 0.547. The summed E-state index contributed by atoms with van der Waals surface area (Å²) in [4.78, 5) is 4.92. The van der Waals surface area contributed by atoms with Gasteiger partial charge in [-0.15, -0.1) is 0 Å². The number of benzene rings is 2. The molecule has 0 unspecified atom stereocenters. The molecule has 0 N–H and O–H groups in total. The third kappa shape index (κ3) is 2.44. The molecule has 1 heterocycles. The first kappa shape index (κ1) is 17.6. The van der Waals surface area contributed by atoms with Crippen molar-refractivity contribution in [3.63, 3.8) is 0 Å². The second-order valence-electron chi connectivity index (χ2n) is 5.80. The molecule has 2 aliphatic carbocycles. The van der Waals surface area contributed by atoms with E-state index in [9.17, 15) is 0 Å². The van der Waals surface area contributed by atoms with E-state index in [1.54, 1.807) is 0 Å². The van der Waals surface area contributed by atoms with E-state index in [-0.39, 0.29) is 24.8 Å². The summed E-state index contributed by atoms with van der Waals surface area (Å²) in [6.07, 6.45) is 7.95. The van der Waals surface area contributed by atoms with Crippen LogP contribution in [0.2, 0.25) is 0 Å². The Bertz CT molecular complexity index is 967. The maximum atomic E-state index is 4.92. The molecule has 24 heavy (non-hydrogen) atoms. The molecule has 5 rings (SSSR count). The Labute approximate surface area is 168 Å². The van der Waals surface area contributed by atoms with Crippen molar-refractivity contribution in [2.45, 2.75) is 6.42 Å². The minimum atomic E-state index is 0. The fraction of sp³-hybridized carbons (Fsp3) is 0.0500. The fourth-order valence-corrected chi connectivity index (χ4v) is 4.36. The molecule has 1 nitrogen and oxygen atoms in total. The maximum absolute atomic E-state index is 4.92. The van der Waals surface area contributed by atoms with Gasteiger partial charge in [0.2, 0.25) is 0 Å². The van der Waals surface area contributed by atoms with E-state index in [4.69, 9.17) is 4.99 Å². The van der Waals surface area contributed by atoms with Gasteiger partial charge < -0.3 is 24.8 Å². The Kier molecular flexibility index (Phi) is 4.84. The monoisotopic (exact) mass is 426 g/mol. The average molecular weight is 428 g/mol. The molecule has 0 aromatic heterocycles. The Morgan fingerprint density at radius 2 is 1.71 bits per heavy atom. The zero-order valence-corrected chi connectivity index (χ0v) is 16.7. The molecule has 0 radical (unpaired) electrons. The van der Waals surface area contributed by atoms with Crippen LogP contribution in [0.3, 0.4) is 0 Å². The molecular weight excluding hydrogens is 416 g/mol. The van der Waals surface area contributed by atoms with Crippen molar-refractivity contribution >= 4 is 28.6 Å². The molecule has 1 aliphatic heterocycles. The van der Waals surface area contributed by atoms with Crippen molar-refractivity contribution in [1.82, 2.24) is 0 Å². The molecule has 115 valence electrons. The normalized spacial score (nSPS) is 15.9. The van der Waals surface area contributed by atoms with E-state index in [0.717, 1.165) is 17.8 Å². The second-order valence-corrected chi connectivity index (χ2v) is 7.29. The summed E-state index contributed by atoms with van der Waals surface area (Å²) in [5.41, 5.74) is 10.2. The number of hydrogen-bond donors (Lipinski definition) is 0. The Morgan fingerprint density at radius 1 is 0.917 bits per heavy atom. The predicted octanol–water partition coefficient (Wildman–Crippen LogP) is -1.10. The zero-order valence-electron chi connectivity index (χ0n) is 12.7. The molecule has 0 fully saturated rings. The van der Waals surface area contributed by atoms with Gasteiger partial charge in [-0.2, -0.15) is 0 Å². The SMILES string of the molecule is [Cl-].[Cl-].[Zr+2][C]1=C(c2cccc3c2C2=Cc4ccccc4C2=N3)C=CC1. The van der Waals surface area contributed by atoms with Crippen LogP contribution in [0.5, 0.6) is 0 Å². The molecule has 4 heteroatoms. The van der Waals surface area contributed by atoms with E-state index in [0.29, 0.717) is 0 Å². The van der Waals surface area contributed by atoms with Crippen LogP contribution in [-0.2, 0) is 24.7 Å². The first-order valence-corrected chi connectivity index (χ1v) is 8.71.